The number of rotatable bonds is 11. The Balaban J connectivity index is 0.000000599. The number of ether oxygens (including phenoxy) is 1. The average Bonchev–Trinajstić information content (AvgIpc) is 1.72. The molecule has 2 saturated heterocycles. The molecule has 2 aliphatic heterocycles. The first kappa shape index (κ1) is 90.4. The van der Waals surface area contributed by atoms with E-state index in [0.717, 1.165) is 43.1 Å². The number of hydrogen-bond acceptors (Lipinski definition) is 5. The first-order valence-electron chi connectivity index (χ1n) is 33.6. The summed E-state index contributed by atoms with van der Waals surface area (Å²) in [6.45, 7) is 39.9. The number of hydrogen-bond donors (Lipinski definition) is 0. The molecule has 2 heterocycles. The Morgan fingerprint density at radius 2 is 0.800 bits per heavy atom. The van der Waals surface area contributed by atoms with Crippen molar-refractivity contribution < 1.29 is 31.8 Å². The SMILES string of the molecule is C.C.C.C.C.C.C1CCC([PH+](C2CCCCC2)C2CCCCC2)CC1.CC(C)Oc1ccccc1[CH]=[Ru]([Cl])[Cl].CC1=CC(C)=C(N2[CH-]N(C3=C(C)C=C(C)C[C@@H]3C)CC2)[C@H](C)C1.Cc1cc(C)c(N2[CH-]N(c3c(C)cc(C)cc3C)CC2)c(C)c1.[Cl][Ru]([Cl])=[CH]c1ccccc1. The zero-order valence-corrected chi connectivity index (χ0v) is 64.2. The molecule has 0 N–H and O–H groups in total. The topological polar surface area (TPSA) is 22.2 Å². The molecule has 12 heteroatoms. The molecule has 0 aromatic heterocycles. The Kier molecular flexibility index (Phi) is 43.1. The Bertz CT molecular complexity index is 2900. The summed E-state index contributed by atoms with van der Waals surface area (Å²) < 4.78 is 9.44. The van der Waals surface area contributed by atoms with E-state index in [0.29, 0.717) is 11.8 Å². The monoisotopic (exact) mass is 1580 g/mol. The second-order valence-corrected chi connectivity index (χ2v) is 42.0. The summed E-state index contributed by atoms with van der Waals surface area (Å²) in [6.07, 6.45) is 31.1. The van der Waals surface area contributed by atoms with Crippen molar-refractivity contribution in [2.45, 2.75) is 274 Å². The van der Waals surface area contributed by atoms with Crippen molar-refractivity contribution in [1.29, 1.82) is 0 Å². The van der Waals surface area contributed by atoms with Crippen LogP contribution in [0.25, 0.3) is 0 Å². The van der Waals surface area contributed by atoms with Crippen molar-refractivity contribution in [3.8, 4) is 5.75 Å². The van der Waals surface area contributed by atoms with Crippen molar-refractivity contribution in [3.63, 3.8) is 0 Å². The first-order chi connectivity index (χ1) is 42.6. The van der Waals surface area contributed by atoms with Crippen LogP contribution >= 0.6 is 46.7 Å². The van der Waals surface area contributed by atoms with Gasteiger partial charge >= 0.3 is 171 Å². The van der Waals surface area contributed by atoms with Crippen LogP contribution in [0.15, 0.2) is 125 Å². The van der Waals surface area contributed by atoms with E-state index < -0.39 is 27.0 Å². The molecule has 5 nitrogen and oxygen atoms in total. The molecule has 0 unspecified atom stereocenters. The van der Waals surface area contributed by atoms with E-state index in [4.69, 9.17) is 43.5 Å². The maximum absolute atomic E-state index is 5.82. The zero-order valence-electron chi connectivity index (χ0n) is 56.7. The Hall–Kier alpha value is -2.58. The predicted octanol–water partition coefficient (Wildman–Crippen LogP) is 26.6. The summed E-state index contributed by atoms with van der Waals surface area (Å²) in [5, 5.41) is 0. The molecule has 3 saturated carbocycles. The molecule has 4 aromatic carbocycles. The number of para-hydroxylation sites is 1. The molecule has 0 bridgehead atoms. The summed E-state index contributed by atoms with van der Waals surface area (Å²) in [4.78, 5) is 9.81. The molecule has 2 atom stereocenters. The van der Waals surface area contributed by atoms with E-state index in [1.54, 1.807) is 96.3 Å². The summed E-state index contributed by atoms with van der Waals surface area (Å²) in [5.41, 5.74) is 25.6. The van der Waals surface area contributed by atoms with Crippen LogP contribution in [0.1, 0.15) is 254 Å². The Morgan fingerprint density at radius 3 is 1.15 bits per heavy atom. The third-order valence-corrected chi connectivity index (χ3v) is 27.1. The molecule has 7 aliphatic rings. The van der Waals surface area contributed by atoms with Crippen molar-refractivity contribution in [3.05, 3.63) is 183 Å². The molecule has 95 heavy (non-hydrogen) atoms. The van der Waals surface area contributed by atoms with Gasteiger partial charge in [-0.25, -0.2) is 0 Å². The van der Waals surface area contributed by atoms with Gasteiger partial charge in [0.25, 0.3) is 0 Å². The van der Waals surface area contributed by atoms with Gasteiger partial charge in [-0.2, -0.15) is 13.3 Å². The van der Waals surface area contributed by atoms with Crippen LogP contribution in [0.2, 0.25) is 0 Å². The summed E-state index contributed by atoms with van der Waals surface area (Å²) in [6, 6.07) is 26.8. The average molecular weight is 1580 g/mol. The van der Waals surface area contributed by atoms with Gasteiger partial charge in [-0.05, 0) is 216 Å². The third-order valence-electron chi connectivity index (χ3n) is 18.8. The van der Waals surface area contributed by atoms with Crippen LogP contribution in [0.4, 0.5) is 11.4 Å². The van der Waals surface area contributed by atoms with E-state index in [-0.39, 0.29) is 58.6 Å². The van der Waals surface area contributed by atoms with Crippen LogP contribution in [0.5, 0.6) is 5.75 Å². The van der Waals surface area contributed by atoms with Gasteiger partial charge in [0.2, 0.25) is 0 Å². The van der Waals surface area contributed by atoms with Crippen molar-refractivity contribution >= 4 is 67.3 Å². The standard InChI is InChI=1S/C21H31N2.C21H27N2.C18H33P.C10H12O.C7H6.6CH4.4ClH.2Ru/c2*1-14-9-16(3)20(17(4)10-14)22-7-8-23(13-22)21-18(5)11-15(2)12-19(21)6;1-4-10-16(11-5-1)19(17-12-6-2-7-13-17)18-14-8-3-9-15-18;1-8(2)11-10-7-5-4-6-9(10)3;1-7-5-3-2-4-6-7;;;;;;;;;;;;/h9,11,13,17,19H,7-8,10,12H2,1-6H3;9-13H,7-8H2,1-6H3;16-18H,1-15H2;3-8H,1-2H3;1-6H;6*1H4;4*1H;;/q2*-1;;;;;;;;;;;;;;2*+2/p-3/t17-,19+;;;;;;;;;;;;;;;;. The third kappa shape index (κ3) is 27.7. The van der Waals surface area contributed by atoms with Gasteiger partial charge in [-0.1, -0.05) is 136 Å². The number of nitrogens with zero attached hydrogens (tertiary/aromatic N) is 4. The number of benzene rings is 4. The minimum absolute atomic E-state index is 0. The van der Waals surface area contributed by atoms with Crippen molar-refractivity contribution in [2.75, 3.05) is 36.0 Å². The van der Waals surface area contributed by atoms with E-state index in [1.807, 2.05) is 77.7 Å². The molecule has 0 radical (unpaired) electrons. The quantitative estimate of drug-likeness (QED) is 0.0846. The molecule has 0 amide bonds. The van der Waals surface area contributed by atoms with E-state index in [9.17, 15) is 0 Å². The van der Waals surface area contributed by atoms with Gasteiger partial charge in [-0.15, -0.1) is 0 Å². The number of aryl methyl sites for hydroxylation is 6. The van der Waals surface area contributed by atoms with E-state index >= 15 is 0 Å². The van der Waals surface area contributed by atoms with Gasteiger partial charge in [0.1, 0.15) is 0 Å². The van der Waals surface area contributed by atoms with Gasteiger partial charge in [0.15, 0.2) is 0 Å². The van der Waals surface area contributed by atoms with Gasteiger partial charge in [0.05, 0.1) is 17.0 Å². The molecular weight excluding hydrogens is 1440 g/mol. The normalized spacial score (nSPS) is 19.2. The molecule has 4 aromatic rings. The van der Waals surface area contributed by atoms with E-state index in [1.165, 1.54) is 108 Å². The van der Waals surface area contributed by atoms with Crippen molar-refractivity contribution in [2.24, 2.45) is 11.8 Å². The van der Waals surface area contributed by atoms with Gasteiger partial charge in [0, 0.05) is 45.5 Å². The van der Waals surface area contributed by atoms with Crippen LogP contribution in [0.3, 0.4) is 0 Å². The van der Waals surface area contributed by atoms with Crippen LogP contribution in [0, 0.1) is 66.7 Å². The molecule has 542 valence electrons. The number of anilines is 2. The molecular formula is C83H134Cl4N4OPRu2-. The Morgan fingerprint density at radius 1 is 0.463 bits per heavy atom. The summed E-state index contributed by atoms with van der Waals surface area (Å²) in [5.74, 6) is 2.09. The fourth-order valence-electron chi connectivity index (χ4n) is 15.8. The van der Waals surface area contributed by atoms with Crippen LogP contribution in [-0.4, -0.2) is 68.3 Å². The zero-order chi connectivity index (χ0) is 64.3. The maximum atomic E-state index is 5.82. The van der Waals surface area contributed by atoms with Gasteiger partial charge < -0.3 is 19.6 Å². The second-order valence-electron chi connectivity index (χ2n) is 27.1. The fraction of sp³-hybridized carbons (Fsp3) is 0.566. The predicted molar refractivity (Wildman–Crippen MR) is 430 cm³/mol. The second kappa shape index (κ2) is 45.3. The van der Waals surface area contributed by atoms with Crippen LogP contribution in [-0.2, 0) is 27.0 Å². The summed E-state index contributed by atoms with van der Waals surface area (Å²) in [7, 11) is 22.9. The molecule has 5 aliphatic carbocycles. The first-order valence-corrected chi connectivity index (χ1v) is 46.3. The van der Waals surface area contributed by atoms with Crippen molar-refractivity contribution in [1.82, 2.24) is 9.80 Å². The summed E-state index contributed by atoms with van der Waals surface area (Å²) >= 11 is -3.39. The van der Waals surface area contributed by atoms with Gasteiger partial charge in [-0.3, -0.25) is 0 Å². The Labute approximate surface area is 613 Å². The minimum atomic E-state index is -1.77. The molecule has 0 spiro atoms. The molecule has 5 fully saturated rings. The number of halogens is 4. The van der Waals surface area contributed by atoms with Crippen LogP contribution < -0.4 is 14.5 Å². The molecule has 11 rings (SSSR count). The van der Waals surface area contributed by atoms with E-state index in [2.05, 4.69) is 152 Å². The fourth-order valence-corrected chi connectivity index (χ4v) is 24.7. The number of allylic oxidation sites excluding steroid dienone is 8.